The molecule has 1 saturated heterocycles. The van der Waals surface area contributed by atoms with Crippen LogP contribution in [-0.4, -0.2) is 52.8 Å². The number of aromatic nitrogens is 1. The molecule has 1 aliphatic rings. The van der Waals surface area contributed by atoms with Gasteiger partial charge in [-0.2, -0.15) is 0 Å². The van der Waals surface area contributed by atoms with Crippen molar-refractivity contribution in [2.24, 2.45) is 0 Å². The number of amides is 2. The Bertz CT molecular complexity index is 690. The standard InChI is InChI=1S/C18H20FN3O2/c19-15-5-3-14(4-6-15)12-17(23)21-8-10-22(11-9-21)18(24)13-16-2-1-7-20-16/h1-7,20H,8-13H2. The fourth-order valence-corrected chi connectivity index (χ4v) is 2.85. The highest BCUT2D eigenvalue weighted by molar-refractivity contribution is 5.80. The normalized spacial score (nSPS) is 14.7. The largest absolute Gasteiger partial charge is 0.365 e. The fourth-order valence-electron chi connectivity index (χ4n) is 2.85. The third-order valence-corrected chi connectivity index (χ3v) is 4.26. The van der Waals surface area contributed by atoms with Gasteiger partial charge in [-0.15, -0.1) is 0 Å². The minimum absolute atomic E-state index is 0.0121. The molecule has 0 saturated carbocycles. The van der Waals surface area contributed by atoms with E-state index in [1.54, 1.807) is 28.1 Å². The molecule has 0 aliphatic carbocycles. The summed E-state index contributed by atoms with van der Waals surface area (Å²) in [5.41, 5.74) is 1.70. The first-order valence-corrected chi connectivity index (χ1v) is 8.04. The molecule has 24 heavy (non-hydrogen) atoms. The Morgan fingerprint density at radius 2 is 1.50 bits per heavy atom. The molecule has 1 aromatic carbocycles. The Labute approximate surface area is 140 Å². The molecular formula is C18H20FN3O2. The molecule has 0 bridgehead atoms. The second kappa shape index (κ2) is 7.29. The molecule has 2 amide bonds. The average Bonchev–Trinajstić information content (AvgIpc) is 3.10. The van der Waals surface area contributed by atoms with Crippen LogP contribution < -0.4 is 0 Å². The predicted octanol–water partition coefficient (Wildman–Crippen LogP) is 1.61. The van der Waals surface area contributed by atoms with Crippen molar-refractivity contribution in [1.82, 2.24) is 14.8 Å². The second-order valence-electron chi connectivity index (χ2n) is 5.94. The van der Waals surface area contributed by atoms with Gasteiger partial charge in [0.15, 0.2) is 0 Å². The Balaban J connectivity index is 1.48. The maximum atomic E-state index is 12.9. The van der Waals surface area contributed by atoms with E-state index in [1.807, 2.05) is 12.1 Å². The Kier molecular flexibility index (Phi) is 4.93. The fraction of sp³-hybridized carbons (Fsp3) is 0.333. The van der Waals surface area contributed by atoms with Gasteiger partial charge in [-0.3, -0.25) is 9.59 Å². The number of benzene rings is 1. The van der Waals surface area contributed by atoms with E-state index in [2.05, 4.69) is 4.98 Å². The number of nitrogens with zero attached hydrogens (tertiary/aromatic N) is 2. The number of carbonyl (C=O) groups is 2. The van der Waals surface area contributed by atoms with E-state index in [0.29, 0.717) is 32.6 Å². The molecule has 2 heterocycles. The lowest BCUT2D eigenvalue weighted by Gasteiger charge is -2.35. The molecule has 3 rings (SSSR count). The predicted molar refractivity (Wildman–Crippen MR) is 87.8 cm³/mol. The van der Waals surface area contributed by atoms with E-state index in [-0.39, 0.29) is 24.1 Å². The molecule has 126 valence electrons. The lowest BCUT2D eigenvalue weighted by Crippen LogP contribution is -2.51. The van der Waals surface area contributed by atoms with Gasteiger partial charge in [0, 0.05) is 38.1 Å². The van der Waals surface area contributed by atoms with Crippen molar-refractivity contribution in [3.63, 3.8) is 0 Å². The first-order chi connectivity index (χ1) is 11.6. The van der Waals surface area contributed by atoms with Gasteiger partial charge in [-0.1, -0.05) is 12.1 Å². The molecule has 2 aromatic rings. The molecule has 5 nitrogen and oxygen atoms in total. The van der Waals surface area contributed by atoms with Crippen LogP contribution in [0.5, 0.6) is 0 Å². The van der Waals surface area contributed by atoms with E-state index in [9.17, 15) is 14.0 Å². The van der Waals surface area contributed by atoms with Crippen LogP contribution in [0.3, 0.4) is 0 Å². The van der Waals surface area contributed by atoms with Crippen LogP contribution in [0, 0.1) is 5.82 Å². The number of H-pyrrole nitrogens is 1. The number of carbonyl (C=O) groups excluding carboxylic acids is 2. The second-order valence-corrected chi connectivity index (χ2v) is 5.94. The number of rotatable bonds is 4. The van der Waals surface area contributed by atoms with E-state index in [0.717, 1.165) is 11.3 Å². The summed E-state index contributed by atoms with van der Waals surface area (Å²) in [5.74, 6) is -0.221. The van der Waals surface area contributed by atoms with Crippen LogP contribution in [0.15, 0.2) is 42.6 Å². The smallest absolute Gasteiger partial charge is 0.228 e. The lowest BCUT2D eigenvalue weighted by atomic mass is 10.1. The van der Waals surface area contributed by atoms with Gasteiger partial charge in [-0.05, 0) is 29.8 Å². The van der Waals surface area contributed by atoms with Gasteiger partial charge in [0.05, 0.1) is 12.8 Å². The highest BCUT2D eigenvalue weighted by Gasteiger charge is 2.24. The molecule has 1 aromatic heterocycles. The van der Waals surface area contributed by atoms with Crippen LogP contribution in [-0.2, 0) is 22.4 Å². The molecule has 0 unspecified atom stereocenters. The maximum Gasteiger partial charge on any atom is 0.228 e. The summed E-state index contributed by atoms with van der Waals surface area (Å²) < 4.78 is 12.9. The van der Waals surface area contributed by atoms with Gasteiger partial charge < -0.3 is 14.8 Å². The number of piperazine rings is 1. The van der Waals surface area contributed by atoms with Gasteiger partial charge in [0.25, 0.3) is 0 Å². The summed E-state index contributed by atoms with van der Waals surface area (Å²) in [6.07, 6.45) is 2.42. The van der Waals surface area contributed by atoms with Crippen LogP contribution in [0.1, 0.15) is 11.3 Å². The number of halogens is 1. The third-order valence-electron chi connectivity index (χ3n) is 4.26. The molecule has 0 radical (unpaired) electrons. The minimum atomic E-state index is -0.305. The SMILES string of the molecule is O=C(Cc1ccc(F)cc1)N1CCN(C(=O)Cc2ccc[nH]2)CC1. The molecule has 0 spiro atoms. The zero-order chi connectivity index (χ0) is 16.9. The Morgan fingerprint density at radius 1 is 0.917 bits per heavy atom. The van der Waals surface area contributed by atoms with Crippen molar-refractivity contribution in [3.8, 4) is 0 Å². The van der Waals surface area contributed by atoms with Crippen molar-refractivity contribution in [3.05, 3.63) is 59.7 Å². The quantitative estimate of drug-likeness (QED) is 0.926. The summed E-state index contributed by atoms with van der Waals surface area (Å²) in [5, 5.41) is 0. The van der Waals surface area contributed by atoms with Crippen LogP contribution >= 0.6 is 0 Å². The first kappa shape index (κ1) is 16.2. The molecule has 1 fully saturated rings. The minimum Gasteiger partial charge on any atom is -0.365 e. The van der Waals surface area contributed by atoms with E-state index in [1.165, 1.54) is 12.1 Å². The monoisotopic (exact) mass is 329 g/mol. The summed E-state index contributed by atoms with van der Waals surface area (Å²) in [6.45, 7) is 2.18. The van der Waals surface area contributed by atoms with Gasteiger partial charge >= 0.3 is 0 Å². The summed E-state index contributed by atoms with van der Waals surface area (Å²) in [7, 11) is 0. The van der Waals surface area contributed by atoms with Crippen molar-refractivity contribution >= 4 is 11.8 Å². The number of aromatic amines is 1. The zero-order valence-corrected chi connectivity index (χ0v) is 13.4. The average molecular weight is 329 g/mol. The van der Waals surface area contributed by atoms with Crippen LogP contribution in [0.4, 0.5) is 4.39 Å². The molecule has 1 N–H and O–H groups in total. The van der Waals surface area contributed by atoms with Crippen molar-refractivity contribution in [2.75, 3.05) is 26.2 Å². The third kappa shape index (κ3) is 4.01. The molecule has 6 heteroatoms. The van der Waals surface area contributed by atoms with Crippen molar-refractivity contribution < 1.29 is 14.0 Å². The van der Waals surface area contributed by atoms with E-state index >= 15 is 0 Å². The zero-order valence-electron chi connectivity index (χ0n) is 13.4. The Morgan fingerprint density at radius 3 is 2.04 bits per heavy atom. The van der Waals surface area contributed by atoms with E-state index in [4.69, 9.17) is 0 Å². The summed E-state index contributed by atoms with van der Waals surface area (Å²) in [4.78, 5) is 31.1. The van der Waals surface area contributed by atoms with Gasteiger partial charge in [0.1, 0.15) is 5.82 Å². The van der Waals surface area contributed by atoms with Gasteiger partial charge in [-0.25, -0.2) is 4.39 Å². The first-order valence-electron chi connectivity index (χ1n) is 8.04. The Hall–Kier alpha value is -2.63. The maximum absolute atomic E-state index is 12.9. The highest BCUT2D eigenvalue weighted by atomic mass is 19.1. The number of nitrogens with one attached hydrogen (secondary N) is 1. The van der Waals surface area contributed by atoms with Crippen LogP contribution in [0.2, 0.25) is 0 Å². The molecule has 0 atom stereocenters. The highest BCUT2D eigenvalue weighted by Crippen LogP contribution is 2.09. The van der Waals surface area contributed by atoms with Crippen molar-refractivity contribution in [1.29, 1.82) is 0 Å². The number of hydrogen-bond acceptors (Lipinski definition) is 2. The van der Waals surface area contributed by atoms with Crippen molar-refractivity contribution in [2.45, 2.75) is 12.8 Å². The number of hydrogen-bond donors (Lipinski definition) is 1. The molecule has 1 aliphatic heterocycles. The summed E-state index contributed by atoms with van der Waals surface area (Å²) >= 11 is 0. The molecular weight excluding hydrogens is 309 g/mol. The topological polar surface area (TPSA) is 56.4 Å². The van der Waals surface area contributed by atoms with E-state index < -0.39 is 0 Å². The van der Waals surface area contributed by atoms with Gasteiger partial charge in [0.2, 0.25) is 11.8 Å². The summed E-state index contributed by atoms with van der Waals surface area (Å²) in [6, 6.07) is 9.74. The van der Waals surface area contributed by atoms with Crippen LogP contribution in [0.25, 0.3) is 0 Å². The lowest BCUT2D eigenvalue weighted by molar-refractivity contribution is -0.138.